The summed E-state index contributed by atoms with van der Waals surface area (Å²) in [4.78, 5) is 85.8. The molecule has 4 aliphatic rings. The lowest BCUT2D eigenvalue weighted by atomic mass is 10.0. The predicted molar refractivity (Wildman–Crippen MR) is 254 cm³/mol. The number of methoxy groups -OCH3 is 2. The number of amides is 4. The Morgan fingerprint density at radius 3 is 1.71 bits per heavy atom. The number of piperidine rings is 2. The number of aromatic amines is 1. The van der Waals surface area contributed by atoms with Crippen molar-refractivity contribution in [2.24, 2.45) is 0 Å². The van der Waals surface area contributed by atoms with Crippen molar-refractivity contribution >= 4 is 97.5 Å². The van der Waals surface area contributed by atoms with Crippen molar-refractivity contribution in [3.05, 3.63) is 82.7 Å². The molecule has 4 aliphatic heterocycles. The highest BCUT2D eigenvalue weighted by Gasteiger charge is 2.44. The van der Waals surface area contributed by atoms with Crippen molar-refractivity contribution in [3.8, 4) is 23.1 Å². The molecule has 330 valence electrons. The Bertz CT molecular complexity index is 2660. The fraction of sp³-hybridized carbons (Fsp3) is 0.364. The number of ether oxygens (including phenoxy) is 2. The number of nitrogens with one attached hydrogen (secondary N) is 1. The van der Waals surface area contributed by atoms with Crippen LogP contribution in [0.3, 0.4) is 0 Å². The smallest absolute Gasteiger partial charge is 0.262 e. The number of pyridine rings is 2. The SMILES string of the molecule is COc1nccc(I)c1-c1nc2c(C)c3c(cc2[nH]1)C(=O)N(C1CCN(C)CC1)C3=O.COc1nccc(I)c1C=O.Cc1c(N)c(N)cc2c1C(=O)N(C1CCN(C)CC1)C2=O. The number of likely N-dealkylation sites (tertiary alicyclic amines) is 2. The fourth-order valence-corrected chi connectivity index (χ4v) is 9.69. The van der Waals surface area contributed by atoms with E-state index in [4.69, 9.17) is 25.9 Å². The lowest BCUT2D eigenvalue weighted by Gasteiger charge is -2.33. The first-order valence-electron chi connectivity index (χ1n) is 20.3. The van der Waals surface area contributed by atoms with Crippen molar-refractivity contribution in [3.63, 3.8) is 0 Å². The van der Waals surface area contributed by atoms with Crippen LogP contribution < -0.4 is 20.9 Å². The number of aromatic nitrogens is 4. The molecule has 63 heavy (non-hydrogen) atoms. The third kappa shape index (κ3) is 8.58. The lowest BCUT2D eigenvalue weighted by Crippen LogP contribution is -2.46. The molecule has 7 heterocycles. The number of hydrogen-bond donors (Lipinski definition) is 3. The Balaban J connectivity index is 0.000000160. The average molecular weight is 1080 g/mol. The van der Waals surface area contributed by atoms with E-state index < -0.39 is 0 Å². The Kier molecular flexibility index (Phi) is 13.7. The van der Waals surface area contributed by atoms with Gasteiger partial charge in [0.25, 0.3) is 23.6 Å². The minimum absolute atomic E-state index is 0.0320. The van der Waals surface area contributed by atoms with Crippen molar-refractivity contribution < 1.29 is 33.4 Å². The molecule has 0 radical (unpaired) electrons. The van der Waals surface area contributed by atoms with Crippen LogP contribution in [0.1, 0.15) is 88.6 Å². The summed E-state index contributed by atoms with van der Waals surface area (Å²) in [5, 5.41) is 0. The number of halogens is 2. The zero-order valence-corrected chi connectivity index (χ0v) is 40.1. The number of nitrogen functional groups attached to an aromatic ring is 2. The van der Waals surface area contributed by atoms with Gasteiger partial charge in [-0.2, -0.15) is 0 Å². The largest absolute Gasteiger partial charge is 0.480 e. The highest BCUT2D eigenvalue weighted by atomic mass is 127. The number of carbonyl (C=O) groups excluding carboxylic acids is 5. The molecule has 17 nitrogen and oxygen atoms in total. The van der Waals surface area contributed by atoms with Gasteiger partial charge >= 0.3 is 0 Å². The van der Waals surface area contributed by atoms with Gasteiger partial charge in [0.05, 0.1) is 70.0 Å². The molecule has 5 N–H and O–H groups in total. The maximum Gasteiger partial charge on any atom is 0.262 e. The lowest BCUT2D eigenvalue weighted by molar-refractivity contribution is 0.0501. The Morgan fingerprint density at radius 2 is 1.21 bits per heavy atom. The molecule has 2 saturated heterocycles. The molecule has 3 aromatic heterocycles. The summed E-state index contributed by atoms with van der Waals surface area (Å²) < 4.78 is 12.1. The number of benzene rings is 2. The topological polar surface area (TPSA) is 223 Å². The van der Waals surface area contributed by atoms with Gasteiger partial charge in [0.2, 0.25) is 11.8 Å². The Morgan fingerprint density at radius 1 is 0.714 bits per heavy atom. The molecule has 0 unspecified atom stereocenters. The molecule has 5 aromatic rings. The van der Waals surface area contributed by atoms with Crippen molar-refractivity contribution in [2.45, 2.75) is 51.6 Å². The second-order valence-corrected chi connectivity index (χ2v) is 18.2. The molecule has 0 saturated carbocycles. The van der Waals surface area contributed by atoms with Gasteiger partial charge in [0, 0.05) is 31.6 Å². The highest BCUT2D eigenvalue weighted by Crippen LogP contribution is 2.38. The minimum Gasteiger partial charge on any atom is -0.480 e. The van der Waals surface area contributed by atoms with Gasteiger partial charge in [0.15, 0.2) is 6.29 Å². The third-order valence-electron chi connectivity index (χ3n) is 12.1. The fourth-order valence-electron chi connectivity index (χ4n) is 8.52. The van der Waals surface area contributed by atoms with E-state index in [9.17, 15) is 24.0 Å². The molecule has 9 rings (SSSR count). The number of rotatable bonds is 6. The van der Waals surface area contributed by atoms with E-state index in [2.05, 4.69) is 77.0 Å². The summed E-state index contributed by atoms with van der Waals surface area (Å²) >= 11 is 4.27. The van der Waals surface area contributed by atoms with Gasteiger partial charge < -0.3 is 35.7 Å². The first kappa shape index (κ1) is 45.8. The predicted octanol–water partition coefficient (Wildman–Crippen LogP) is 5.59. The van der Waals surface area contributed by atoms with Crippen LogP contribution in [0.2, 0.25) is 0 Å². The van der Waals surface area contributed by atoms with E-state index in [-0.39, 0.29) is 35.7 Å². The van der Waals surface area contributed by atoms with E-state index in [0.29, 0.717) is 67.9 Å². The normalized spacial score (nSPS) is 17.0. The Hall–Kier alpha value is -5.26. The van der Waals surface area contributed by atoms with Gasteiger partial charge in [-0.15, -0.1) is 0 Å². The number of imidazole rings is 1. The van der Waals surface area contributed by atoms with E-state index in [0.717, 1.165) is 81.9 Å². The quantitative estimate of drug-likeness (QED) is 0.0817. The summed E-state index contributed by atoms with van der Waals surface area (Å²) in [6.07, 6.45) is 7.27. The van der Waals surface area contributed by atoms with Crippen LogP contribution in [-0.4, -0.2) is 136 Å². The molecule has 2 fully saturated rings. The number of imide groups is 2. The molecule has 4 amide bonds. The monoisotopic (exact) mass is 1080 g/mol. The Labute approximate surface area is 391 Å². The summed E-state index contributed by atoms with van der Waals surface area (Å²) in [5.74, 6) is 0.580. The average Bonchev–Trinajstić information content (AvgIpc) is 3.89. The first-order chi connectivity index (χ1) is 30.1. The maximum absolute atomic E-state index is 13.3. The zero-order chi connectivity index (χ0) is 45.4. The zero-order valence-electron chi connectivity index (χ0n) is 35.8. The van der Waals surface area contributed by atoms with Crippen molar-refractivity contribution in [1.82, 2.24) is 39.5 Å². The van der Waals surface area contributed by atoms with Gasteiger partial charge in [0.1, 0.15) is 5.82 Å². The summed E-state index contributed by atoms with van der Waals surface area (Å²) in [6.45, 7) is 7.15. The number of hydrogen-bond acceptors (Lipinski definition) is 14. The van der Waals surface area contributed by atoms with Crippen molar-refractivity contribution in [1.29, 1.82) is 0 Å². The number of aryl methyl sites for hydroxylation is 1. The first-order valence-corrected chi connectivity index (χ1v) is 22.4. The van der Waals surface area contributed by atoms with Crippen LogP contribution in [0.25, 0.3) is 22.4 Å². The molecule has 2 aromatic carbocycles. The van der Waals surface area contributed by atoms with E-state index in [1.807, 2.05) is 20.0 Å². The summed E-state index contributed by atoms with van der Waals surface area (Å²) in [6, 6.07) is 6.85. The van der Waals surface area contributed by atoms with Gasteiger partial charge in [-0.1, -0.05) is 0 Å². The van der Waals surface area contributed by atoms with E-state index in [1.54, 1.807) is 38.6 Å². The summed E-state index contributed by atoms with van der Waals surface area (Å²) in [5.41, 5.74) is 18.2. The second kappa shape index (κ2) is 18.8. The standard InChI is InChI=1S/C22H22IN5O3.C15H20N4O2.C7H6INO2/c1-11-16-13(21(29)28(22(16)30)12-5-8-27(2)9-6-12)10-15-18(11)26-19(25-15)17-14(23)4-7-24-20(17)31-3;1-8-12-10(7-11(16)13(8)17)14(20)19(15(12)21)9-3-5-18(2)6-4-9;1-11-7-5(4-10)6(8)2-3-9-7/h4,7,10,12H,5-6,8-9H2,1-3H3,(H,25,26);7,9H,3-6,16-17H2,1-2H3;2-4H,1H3. The molecular formula is C44H48I2N10O7. The second-order valence-electron chi connectivity index (χ2n) is 15.9. The number of nitrogens with zero attached hydrogens (tertiary/aromatic N) is 7. The molecule has 19 heteroatoms. The number of nitrogens with two attached hydrogens (primary N) is 2. The number of anilines is 2. The van der Waals surface area contributed by atoms with Crippen LogP contribution in [-0.2, 0) is 0 Å². The van der Waals surface area contributed by atoms with Crippen LogP contribution in [0.5, 0.6) is 11.8 Å². The maximum atomic E-state index is 13.3. The van der Waals surface area contributed by atoms with Gasteiger partial charge in [-0.25, -0.2) is 15.0 Å². The number of aldehydes is 1. The molecule has 0 spiro atoms. The molecule has 0 aliphatic carbocycles. The molecule has 0 bridgehead atoms. The number of fused-ring (bicyclic) bond motifs is 3. The van der Waals surface area contributed by atoms with Crippen LogP contribution >= 0.6 is 45.2 Å². The van der Waals surface area contributed by atoms with Gasteiger partial charge in [-0.3, -0.25) is 33.8 Å². The van der Waals surface area contributed by atoms with Crippen molar-refractivity contribution in [2.75, 3.05) is 66.0 Å². The summed E-state index contributed by atoms with van der Waals surface area (Å²) in [7, 11) is 7.17. The molecule has 0 atom stereocenters. The van der Waals surface area contributed by atoms with E-state index in [1.165, 1.54) is 23.0 Å². The van der Waals surface area contributed by atoms with Crippen LogP contribution in [0, 0.1) is 21.0 Å². The third-order valence-corrected chi connectivity index (χ3v) is 13.9. The van der Waals surface area contributed by atoms with Crippen LogP contribution in [0.4, 0.5) is 11.4 Å². The highest BCUT2D eigenvalue weighted by molar-refractivity contribution is 14.1. The number of carbonyl (C=O) groups is 5. The van der Waals surface area contributed by atoms with Gasteiger partial charge in [-0.05, 0) is 160 Å². The van der Waals surface area contributed by atoms with E-state index >= 15 is 0 Å². The molecular weight excluding hydrogens is 1030 g/mol. The van der Waals surface area contributed by atoms with Crippen LogP contribution in [0.15, 0.2) is 36.7 Å². The minimum atomic E-state index is -0.237. The number of H-pyrrole nitrogens is 1.